The van der Waals surface area contributed by atoms with Gasteiger partial charge in [-0.05, 0) is 48.7 Å². The number of hydrogen-bond acceptors (Lipinski definition) is 6. The maximum absolute atomic E-state index is 14.1. The molecule has 3 aromatic rings. The number of hydrogen-bond donors (Lipinski definition) is 0. The van der Waals surface area contributed by atoms with Gasteiger partial charge in [0.1, 0.15) is 5.57 Å². The van der Waals surface area contributed by atoms with Crippen molar-refractivity contribution in [1.29, 1.82) is 0 Å². The Morgan fingerprint density at radius 2 is 1.43 bits per heavy atom. The number of rotatable bonds is 5. The van der Waals surface area contributed by atoms with Crippen LogP contribution in [0.5, 0.6) is 0 Å². The van der Waals surface area contributed by atoms with Crippen LogP contribution < -0.4 is 4.31 Å². The second-order valence-corrected chi connectivity index (χ2v) is 9.94. The van der Waals surface area contributed by atoms with E-state index >= 15 is 0 Å². The van der Waals surface area contributed by atoms with E-state index in [0.717, 1.165) is 36.5 Å². The molecule has 1 heterocycles. The fraction of sp³-hybridized carbons (Fsp3) is 0.185. The number of sulfonamides is 1. The number of para-hydroxylation sites is 1. The highest BCUT2D eigenvalue weighted by Gasteiger charge is 2.37. The van der Waals surface area contributed by atoms with Crippen LogP contribution in [0.2, 0.25) is 0 Å². The van der Waals surface area contributed by atoms with Crippen LogP contribution in [0, 0.1) is 6.92 Å². The number of nitrogens with zero attached hydrogens (tertiary/aromatic N) is 1. The van der Waals surface area contributed by atoms with Crippen molar-refractivity contribution >= 4 is 27.6 Å². The summed E-state index contributed by atoms with van der Waals surface area (Å²) in [7, 11) is -1.81. The lowest BCUT2D eigenvalue weighted by Gasteiger charge is -2.31. The van der Waals surface area contributed by atoms with Gasteiger partial charge in [-0.25, -0.2) is 18.0 Å². The average molecular weight is 492 g/mol. The molecule has 3 aromatic carbocycles. The van der Waals surface area contributed by atoms with E-state index in [1.54, 1.807) is 36.4 Å². The molecule has 0 spiro atoms. The first-order chi connectivity index (χ1) is 16.8. The Morgan fingerprint density at radius 1 is 0.857 bits per heavy atom. The summed E-state index contributed by atoms with van der Waals surface area (Å²) >= 11 is 0. The van der Waals surface area contributed by atoms with Crippen molar-refractivity contribution in [1.82, 2.24) is 0 Å². The van der Waals surface area contributed by atoms with Crippen LogP contribution in [0.3, 0.4) is 0 Å². The van der Waals surface area contributed by atoms with Crippen LogP contribution in [-0.2, 0) is 35.5 Å². The molecule has 180 valence electrons. The summed E-state index contributed by atoms with van der Waals surface area (Å²) in [5, 5.41) is 0. The molecule has 1 atom stereocenters. The van der Waals surface area contributed by atoms with Crippen LogP contribution in [0.4, 0.5) is 5.69 Å². The molecule has 0 amide bonds. The number of carbonyl (C=O) groups excluding carboxylic acids is 2. The van der Waals surface area contributed by atoms with Crippen molar-refractivity contribution in [3.8, 4) is 11.1 Å². The van der Waals surface area contributed by atoms with Gasteiger partial charge in [0, 0.05) is 5.56 Å². The third-order valence-corrected chi connectivity index (χ3v) is 7.78. The van der Waals surface area contributed by atoms with Gasteiger partial charge in [-0.2, -0.15) is 0 Å². The minimum absolute atomic E-state index is 0.0972. The number of esters is 2. The number of carbonyl (C=O) groups is 2. The molecule has 0 saturated heterocycles. The lowest BCUT2D eigenvalue weighted by atomic mass is 9.96. The van der Waals surface area contributed by atoms with Gasteiger partial charge in [0.2, 0.25) is 0 Å². The van der Waals surface area contributed by atoms with Gasteiger partial charge >= 0.3 is 11.9 Å². The maximum Gasteiger partial charge on any atom is 0.345 e. The molecular weight excluding hydrogens is 466 g/mol. The molecule has 0 saturated carbocycles. The average Bonchev–Trinajstić information content (AvgIpc) is 3.01. The van der Waals surface area contributed by atoms with Crippen LogP contribution in [0.1, 0.15) is 11.1 Å². The van der Waals surface area contributed by atoms with Gasteiger partial charge < -0.3 is 9.47 Å². The highest BCUT2D eigenvalue weighted by atomic mass is 32.2. The van der Waals surface area contributed by atoms with Gasteiger partial charge in [-0.15, -0.1) is 0 Å². The van der Waals surface area contributed by atoms with Gasteiger partial charge in [0.05, 0.1) is 30.8 Å². The third-order valence-electron chi connectivity index (χ3n) is 5.93. The molecule has 0 radical (unpaired) electrons. The van der Waals surface area contributed by atoms with Gasteiger partial charge in [0.25, 0.3) is 10.0 Å². The molecule has 8 heteroatoms. The van der Waals surface area contributed by atoms with E-state index < -0.39 is 28.0 Å². The van der Waals surface area contributed by atoms with Crippen molar-refractivity contribution in [2.24, 2.45) is 0 Å². The Labute approximate surface area is 204 Å². The van der Waals surface area contributed by atoms with Crippen LogP contribution in [0.25, 0.3) is 11.1 Å². The summed E-state index contributed by atoms with van der Waals surface area (Å²) in [5.74, 6) is -1.81. The predicted octanol–water partition coefficient (Wildman–Crippen LogP) is 4.05. The second-order valence-electron chi connectivity index (χ2n) is 8.12. The summed E-state index contributed by atoms with van der Waals surface area (Å²) in [6, 6.07) is 20.4. The molecule has 0 aromatic heterocycles. The summed E-state index contributed by atoms with van der Waals surface area (Å²) in [6.45, 7) is 1.87. The molecule has 4 rings (SSSR count). The fourth-order valence-corrected chi connectivity index (χ4v) is 5.85. The molecule has 1 aliphatic rings. The molecule has 35 heavy (non-hydrogen) atoms. The van der Waals surface area contributed by atoms with Gasteiger partial charge in [0.15, 0.2) is 0 Å². The number of anilines is 1. The monoisotopic (exact) mass is 491 g/mol. The molecular formula is C27H25NO6S. The van der Waals surface area contributed by atoms with Crippen LogP contribution in [-0.4, -0.2) is 40.6 Å². The maximum atomic E-state index is 14.1. The lowest BCUT2D eigenvalue weighted by Crippen LogP contribution is -2.41. The zero-order valence-corrected chi connectivity index (χ0v) is 20.4. The Balaban J connectivity index is 2.02. The number of fused-ring (bicyclic) bond motifs is 3. The van der Waals surface area contributed by atoms with E-state index in [1.165, 1.54) is 10.4 Å². The quantitative estimate of drug-likeness (QED) is 0.232. The highest BCUT2D eigenvalue weighted by Crippen LogP contribution is 2.41. The van der Waals surface area contributed by atoms with E-state index in [2.05, 4.69) is 0 Å². The number of ether oxygens (including phenoxy) is 2. The Bertz CT molecular complexity index is 1390. The van der Waals surface area contributed by atoms with E-state index in [9.17, 15) is 18.0 Å². The minimum Gasteiger partial charge on any atom is -0.465 e. The largest absolute Gasteiger partial charge is 0.465 e. The molecule has 7 nitrogen and oxygen atoms in total. The Kier molecular flexibility index (Phi) is 6.75. The van der Waals surface area contributed by atoms with Crippen molar-refractivity contribution in [3.05, 3.63) is 95.6 Å². The predicted molar refractivity (Wildman–Crippen MR) is 132 cm³/mol. The van der Waals surface area contributed by atoms with Gasteiger partial charge in [-0.1, -0.05) is 60.2 Å². The first-order valence-corrected chi connectivity index (χ1v) is 12.4. The highest BCUT2D eigenvalue weighted by molar-refractivity contribution is 7.92. The number of benzene rings is 3. The topological polar surface area (TPSA) is 90.0 Å². The van der Waals surface area contributed by atoms with Crippen LogP contribution in [0.15, 0.2) is 89.3 Å². The van der Waals surface area contributed by atoms with Gasteiger partial charge in [-0.3, -0.25) is 4.31 Å². The summed E-state index contributed by atoms with van der Waals surface area (Å²) in [6.07, 6.45) is 1.54. The molecule has 0 N–H and O–H groups in total. The van der Waals surface area contributed by atoms with Crippen molar-refractivity contribution in [3.63, 3.8) is 0 Å². The zero-order valence-electron chi connectivity index (χ0n) is 19.6. The number of aryl methyl sites for hydroxylation is 1. The van der Waals surface area contributed by atoms with E-state index in [1.807, 2.05) is 43.3 Å². The fourth-order valence-electron chi connectivity index (χ4n) is 4.23. The van der Waals surface area contributed by atoms with E-state index in [-0.39, 0.29) is 16.9 Å². The first-order valence-electron chi connectivity index (χ1n) is 10.9. The van der Waals surface area contributed by atoms with Crippen LogP contribution >= 0.6 is 0 Å². The first kappa shape index (κ1) is 24.2. The van der Waals surface area contributed by atoms with Crippen molar-refractivity contribution < 1.29 is 27.5 Å². The molecule has 0 aliphatic carbocycles. The summed E-state index contributed by atoms with van der Waals surface area (Å²) in [4.78, 5) is 25.0. The molecule has 1 aliphatic heterocycles. The SMILES string of the molecule is COC(=O)C(=CC1Cc2ccccc2-c2ccccc2N1S(=O)(=O)c1ccc(C)cc1)C(=O)OC. The van der Waals surface area contributed by atoms with Crippen molar-refractivity contribution in [2.45, 2.75) is 24.3 Å². The minimum atomic E-state index is -4.11. The third kappa shape index (κ3) is 4.57. The number of methoxy groups -OCH3 is 2. The standard InChI is InChI=1S/C27H25NO6S/c1-18-12-14-21(15-13-18)35(31,32)28-20(17-24(26(29)33-2)27(30)34-3)16-19-8-4-5-9-22(19)23-10-6-7-11-25(23)28/h4-15,17,20H,16H2,1-3H3. The molecule has 0 fully saturated rings. The van der Waals surface area contributed by atoms with E-state index in [0.29, 0.717) is 5.69 Å². The Hall–Kier alpha value is -3.91. The normalized spacial score (nSPS) is 14.7. The zero-order chi connectivity index (χ0) is 25.2. The lowest BCUT2D eigenvalue weighted by molar-refractivity contribution is -0.144. The Morgan fingerprint density at radius 3 is 2.06 bits per heavy atom. The summed E-state index contributed by atoms with van der Waals surface area (Å²) in [5.41, 5.74) is 3.46. The molecule has 1 unspecified atom stereocenters. The smallest absolute Gasteiger partial charge is 0.345 e. The van der Waals surface area contributed by atoms with Crippen molar-refractivity contribution in [2.75, 3.05) is 18.5 Å². The second kappa shape index (κ2) is 9.76. The summed E-state index contributed by atoms with van der Waals surface area (Å²) < 4.78 is 39.1. The molecule has 0 bridgehead atoms. The van der Waals surface area contributed by atoms with E-state index in [4.69, 9.17) is 9.47 Å².